The number of nitrogens with zero attached hydrogens (tertiary/aromatic N) is 1. The monoisotopic (exact) mass is 264 g/mol. The first-order valence-electron chi connectivity index (χ1n) is 6.42. The van der Waals surface area contributed by atoms with Crippen molar-refractivity contribution >= 4 is 5.91 Å². The van der Waals surface area contributed by atoms with Crippen LogP contribution in [0.5, 0.6) is 11.5 Å². The maximum atomic E-state index is 12.0. The molecule has 1 amide bonds. The van der Waals surface area contributed by atoms with Crippen LogP contribution in [0.1, 0.15) is 29.6 Å². The summed E-state index contributed by atoms with van der Waals surface area (Å²) >= 11 is 0. The molecule has 104 valence electrons. The highest BCUT2D eigenvalue weighted by atomic mass is 16.3. The SMILES string of the molecule is CN(C)C1(CNC(=O)c2ccc(O)cc2O)CCC1. The molecule has 0 heterocycles. The van der Waals surface area contributed by atoms with Crippen LogP contribution < -0.4 is 5.32 Å². The fourth-order valence-electron chi connectivity index (χ4n) is 2.42. The average Bonchev–Trinajstić information content (AvgIpc) is 2.26. The molecule has 0 spiro atoms. The summed E-state index contributed by atoms with van der Waals surface area (Å²) in [7, 11) is 4.03. The third-order valence-corrected chi connectivity index (χ3v) is 4.04. The molecule has 0 unspecified atom stereocenters. The largest absolute Gasteiger partial charge is 0.508 e. The van der Waals surface area contributed by atoms with Crippen molar-refractivity contribution in [2.45, 2.75) is 24.8 Å². The van der Waals surface area contributed by atoms with Crippen LogP contribution in [0.3, 0.4) is 0 Å². The number of phenolic OH excluding ortho intramolecular Hbond substituents is 2. The molecular formula is C14H20N2O3. The first-order chi connectivity index (χ1) is 8.94. The molecule has 1 aromatic carbocycles. The van der Waals surface area contributed by atoms with Crippen molar-refractivity contribution in [3.8, 4) is 11.5 Å². The summed E-state index contributed by atoms with van der Waals surface area (Å²) in [5.41, 5.74) is 0.230. The molecule has 1 aromatic rings. The van der Waals surface area contributed by atoms with E-state index in [9.17, 15) is 15.0 Å². The van der Waals surface area contributed by atoms with Gasteiger partial charge in [0.1, 0.15) is 11.5 Å². The third kappa shape index (κ3) is 2.66. The predicted octanol–water partition coefficient (Wildman–Crippen LogP) is 1.31. The lowest BCUT2D eigenvalue weighted by Crippen LogP contribution is -2.57. The van der Waals surface area contributed by atoms with E-state index in [4.69, 9.17) is 0 Å². The minimum atomic E-state index is -0.314. The van der Waals surface area contributed by atoms with Gasteiger partial charge in [0.05, 0.1) is 5.56 Å². The van der Waals surface area contributed by atoms with Crippen LogP contribution in [0.15, 0.2) is 18.2 Å². The molecule has 1 fully saturated rings. The van der Waals surface area contributed by atoms with E-state index in [2.05, 4.69) is 10.2 Å². The number of rotatable bonds is 4. The van der Waals surface area contributed by atoms with Crippen LogP contribution in [0.25, 0.3) is 0 Å². The molecular weight excluding hydrogens is 244 g/mol. The van der Waals surface area contributed by atoms with Crippen molar-refractivity contribution in [2.75, 3.05) is 20.6 Å². The van der Waals surface area contributed by atoms with E-state index in [1.807, 2.05) is 14.1 Å². The maximum absolute atomic E-state index is 12.0. The van der Waals surface area contributed by atoms with E-state index in [0.29, 0.717) is 6.54 Å². The van der Waals surface area contributed by atoms with Crippen molar-refractivity contribution in [2.24, 2.45) is 0 Å². The summed E-state index contributed by atoms with van der Waals surface area (Å²) in [6.45, 7) is 0.569. The van der Waals surface area contributed by atoms with Gasteiger partial charge < -0.3 is 20.4 Å². The molecule has 0 bridgehead atoms. The Labute approximate surface area is 112 Å². The number of benzene rings is 1. The molecule has 3 N–H and O–H groups in total. The Bertz CT molecular complexity index is 482. The van der Waals surface area contributed by atoms with Gasteiger partial charge in [-0.1, -0.05) is 0 Å². The topological polar surface area (TPSA) is 72.8 Å². The molecule has 0 saturated heterocycles. The fourth-order valence-corrected chi connectivity index (χ4v) is 2.42. The molecule has 5 heteroatoms. The second kappa shape index (κ2) is 5.09. The second-order valence-electron chi connectivity index (χ2n) is 5.36. The first-order valence-corrected chi connectivity index (χ1v) is 6.42. The number of aromatic hydroxyl groups is 2. The molecule has 1 aliphatic rings. The van der Waals surface area contributed by atoms with E-state index < -0.39 is 0 Å². The van der Waals surface area contributed by atoms with Gasteiger partial charge in [0.25, 0.3) is 5.91 Å². The normalized spacial score (nSPS) is 17.0. The summed E-state index contributed by atoms with van der Waals surface area (Å²) in [5, 5.41) is 21.7. The van der Waals surface area contributed by atoms with E-state index in [1.165, 1.54) is 24.6 Å². The quantitative estimate of drug-likeness (QED) is 0.766. The minimum Gasteiger partial charge on any atom is -0.508 e. The van der Waals surface area contributed by atoms with Gasteiger partial charge in [-0.05, 0) is 45.5 Å². The number of hydrogen-bond donors (Lipinski definition) is 3. The van der Waals surface area contributed by atoms with Crippen LogP contribution in [0.4, 0.5) is 0 Å². The van der Waals surface area contributed by atoms with Crippen LogP contribution in [-0.2, 0) is 0 Å². The molecule has 5 nitrogen and oxygen atoms in total. The molecule has 0 aromatic heterocycles. The van der Waals surface area contributed by atoms with Gasteiger partial charge in [-0.2, -0.15) is 0 Å². The van der Waals surface area contributed by atoms with E-state index in [1.54, 1.807) is 0 Å². The third-order valence-electron chi connectivity index (χ3n) is 4.04. The number of carbonyl (C=O) groups excluding carboxylic acids is 1. The van der Waals surface area contributed by atoms with Gasteiger partial charge in [-0.25, -0.2) is 0 Å². The number of amides is 1. The first kappa shape index (κ1) is 13.7. The number of nitrogens with one attached hydrogen (secondary N) is 1. The Morgan fingerprint density at radius 3 is 2.53 bits per heavy atom. The minimum absolute atomic E-state index is 0.0438. The lowest BCUT2D eigenvalue weighted by Gasteiger charge is -2.47. The van der Waals surface area contributed by atoms with Gasteiger partial charge in [0, 0.05) is 18.2 Å². The number of hydrogen-bond acceptors (Lipinski definition) is 4. The standard InChI is InChI=1S/C14H20N2O3/c1-16(2)14(6-3-7-14)9-15-13(19)11-5-4-10(17)8-12(11)18/h4-5,8,17-18H,3,6-7,9H2,1-2H3,(H,15,19). The molecule has 2 rings (SSSR count). The van der Waals surface area contributed by atoms with Crippen LogP contribution in [0, 0.1) is 0 Å². The highest BCUT2D eigenvalue weighted by Gasteiger charge is 2.39. The van der Waals surface area contributed by atoms with E-state index in [-0.39, 0.29) is 28.5 Å². The summed E-state index contributed by atoms with van der Waals surface area (Å²) < 4.78 is 0. The predicted molar refractivity (Wildman–Crippen MR) is 72.4 cm³/mol. The zero-order chi connectivity index (χ0) is 14.0. The Balaban J connectivity index is 2.01. The average molecular weight is 264 g/mol. The smallest absolute Gasteiger partial charge is 0.255 e. The Hall–Kier alpha value is -1.75. The molecule has 0 atom stereocenters. The van der Waals surface area contributed by atoms with E-state index >= 15 is 0 Å². The van der Waals surface area contributed by atoms with E-state index in [0.717, 1.165) is 12.8 Å². The lowest BCUT2D eigenvalue weighted by molar-refractivity contribution is 0.0557. The van der Waals surface area contributed by atoms with Gasteiger partial charge >= 0.3 is 0 Å². The lowest BCUT2D eigenvalue weighted by atomic mass is 9.75. The van der Waals surface area contributed by atoms with Crippen LogP contribution >= 0.6 is 0 Å². The van der Waals surface area contributed by atoms with Crippen LogP contribution in [-0.4, -0.2) is 47.2 Å². The molecule has 1 aliphatic carbocycles. The highest BCUT2D eigenvalue weighted by Crippen LogP contribution is 2.35. The zero-order valence-electron chi connectivity index (χ0n) is 11.3. The Kier molecular flexibility index (Phi) is 3.66. The van der Waals surface area contributed by atoms with Gasteiger partial charge in [0.15, 0.2) is 0 Å². The molecule has 19 heavy (non-hydrogen) atoms. The zero-order valence-corrected chi connectivity index (χ0v) is 11.3. The second-order valence-corrected chi connectivity index (χ2v) is 5.36. The number of phenols is 2. The van der Waals surface area contributed by atoms with Crippen molar-refractivity contribution in [1.29, 1.82) is 0 Å². The van der Waals surface area contributed by atoms with Gasteiger partial charge in [-0.3, -0.25) is 4.79 Å². The maximum Gasteiger partial charge on any atom is 0.255 e. The summed E-state index contributed by atoms with van der Waals surface area (Å²) in [6.07, 6.45) is 3.32. The van der Waals surface area contributed by atoms with Crippen molar-refractivity contribution in [3.05, 3.63) is 23.8 Å². The number of likely N-dealkylation sites (N-methyl/N-ethyl adjacent to an activating group) is 1. The Morgan fingerprint density at radius 2 is 2.05 bits per heavy atom. The molecule has 0 radical (unpaired) electrons. The molecule has 0 aliphatic heterocycles. The van der Waals surface area contributed by atoms with Gasteiger partial charge in [0.2, 0.25) is 0 Å². The summed E-state index contributed by atoms with van der Waals surface area (Å²) in [5.74, 6) is -0.576. The summed E-state index contributed by atoms with van der Waals surface area (Å²) in [4.78, 5) is 14.2. The fraction of sp³-hybridized carbons (Fsp3) is 0.500. The Morgan fingerprint density at radius 1 is 1.37 bits per heavy atom. The highest BCUT2D eigenvalue weighted by molar-refractivity contribution is 5.97. The van der Waals surface area contributed by atoms with Crippen molar-refractivity contribution in [3.63, 3.8) is 0 Å². The van der Waals surface area contributed by atoms with Crippen molar-refractivity contribution in [1.82, 2.24) is 10.2 Å². The van der Waals surface area contributed by atoms with Gasteiger partial charge in [-0.15, -0.1) is 0 Å². The summed E-state index contributed by atoms with van der Waals surface area (Å²) in [6, 6.07) is 3.97. The van der Waals surface area contributed by atoms with Crippen LogP contribution in [0.2, 0.25) is 0 Å². The molecule has 1 saturated carbocycles. The number of carbonyl (C=O) groups is 1. The van der Waals surface area contributed by atoms with Crippen molar-refractivity contribution < 1.29 is 15.0 Å².